The van der Waals surface area contributed by atoms with Crippen LogP contribution in [0.25, 0.3) is 0 Å². The minimum absolute atomic E-state index is 0.0224. The van der Waals surface area contributed by atoms with Gasteiger partial charge in [-0.1, -0.05) is 69.5 Å². The van der Waals surface area contributed by atoms with Crippen molar-refractivity contribution in [2.75, 3.05) is 6.61 Å². The number of carbonyl (C=O) groups is 1. The van der Waals surface area contributed by atoms with Crippen LogP contribution < -0.4 is 5.32 Å². The van der Waals surface area contributed by atoms with E-state index in [1.54, 1.807) is 44.2 Å². The summed E-state index contributed by atoms with van der Waals surface area (Å²) in [5, 5.41) is 2.43. The maximum atomic E-state index is 14.9. The zero-order chi connectivity index (χ0) is 36.3. The van der Waals surface area contributed by atoms with Crippen molar-refractivity contribution in [3.63, 3.8) is 0 Å². The molecule has 0 fully saturated rings. The molecule has 0 bridgehead atoms. The van der Waals surface area contributed by atoms with E-state index in [9.17, 15) is 48.7 Å². The maximum Gasteiger partial charge on any atom is 0.460 e. The molecule has 0 heterocycles. The molecule has 0 unspecified atom stereocenters. The number of nitrogens with one attached hydrogen (secondary N) is 1. The first-order chi connectivity index (χ1) is 22.3. The van der Waals surface area contributed by atoms with E-state index in [1.165, 1.54) is 0 Å². The molecule has 260 valence electrons. The number of halogens is 10. The van der Waals surface area contributed by atoms with Crippen LogP contribution in [-0.2, 0) is 22.1 Å². The molecular weight excluding hydrogens is 660 g/mol. The fourth-order valence-corrected chi connectivity index (χ4v) is 3.83. The Labute approximate surface area is 270 Å². The molecule has 14 heteroatoms. The summed E-state index contributed by atoms with van der Waals surface area (Å²) in [4.78, 5) is 13.4. The standard InChI is InChI=1S/C34H31F10NO3/c1-21(2)20-47-23(4)28(36)11-8-15-32(19-24-9-6-5-7-10-24,22(3)17-26(35)14-16-48-34(43,44)31(38)39)45-30(46)25-12-13-29(37)27(18-25)33(40,41)42/h5-18,21,31H,3-4,19-20H2,1-2H3,(H,45,46)/t32-/m0/s1. The Hall–Kier alpha value is -4.75. The lowest BCUT2D eigenvalue weighted by atomic mass is 9.82. The number of benzene rings is 2. The van der Waals surface area contributed by atoms with Crippen LogP contribution in [0.3, 0.4) is 0 Å². The lowest BCUT2D eigenvalue weighted by Crippen LogP contribution is -2.50. The molecular formula is C34H31F10NO3. The van der Waals surface area contributed by atoms with Crippen molar-refractivity contribution in [2.45, 2.75) is 44.5 Å². The van der Waals surface area contributed by atoms with E-state index in [4.69, 9.17) is 4.74 Å². The molecule has 2 rings (SSSR count). The van der Waals surface area contributed by atoms with Gasteiger partial charge >= 0.3 is 18.7 Å². The van der Waals surface area contributed by atoms with Gasteiger partial charge in [0.1, 0.15) is 17.4 Å². The minimum Gasteiger partial charge on any atom is -0.491 e. The number of carbonyl (C=O) groups excluding carboxylic acids is 1. The van der Waals surface area contributed by atoms with Gasteiger partial charge in [0, 0.05) is 18.1 Å². The molecule has 1 amide bonds. The van der Waals surface area contributed by atoms with E-state index in [0.717, 1.165) is 24.3 Å². The lowest BCUT2D eigenvalue weighted by molar-refractivity contribution is -0.274. The van der Waals surface area contributed by atoms with Crippen LogP contribution in [0.4, 0.5) is 43.9 Å². The van der Waals surface area contributed by atoms with Crippen LogP contribution in [0.5, 0.6) is 0 Å². The van der Waals surface area contributed by atoms with Crippen molar-refractivity contribution >= 4 is 5.91 Å². The van der Waals surface area contributed by atoms with Crippen molar-refractivity contribution in [1.82, 2.24) is 5.32 Å². The van der Waals surface area contributed by atoms with Gasteiger partial charge in [0.2, 0.25) is 0 Å². The van der Waals surface area contributed by atoms with E-state index in [1.807, 2.05) is 0 Å². The fraction of sp³-hybridized carbons (Fsp3) is 0.265. The predicted molar refractivity (Wildman–Crippen MR) is 160 cm³/mol. The summed E-state index contributed by atoms with van der Waals surface area (Å²) >= 11 is 0. The highest BCUT2D eigenvalue weighted by atomic mass is 19.4. The third kappa shape index (κ3) is 11.8. The lowest BCUT2D eigenvalue weighted by Gasteiger charge is -2.33. The normalized spacial score (nSPS) is 14.5. The highest BCUT2D eigenvalue weighted by molar-refractivity contribution is 5.95. The largest absolute Gasteiger partial charge is 0.491 e. The average Bonchev–Trinajstić information content (AvgIpc) is 2.99. The molecule has 4 nitrogen and oxygen atoms in total. The van der Waals surface area contributed by atoms with Crippen molar-refractivity contribution in [2.24, 2.45) is 5.92 Å². The molecule has 0 saturated carbocycles. The quantitative estimate of drug-likeness (QED) is 0.108. The smallest absolute Gasteiger partial charge is 0.460 e. The molecule has 0 aliphatic heterocycles. The highest BCUT2D eigenvalue weighted by Gasteiger charge is 2.43. The van der Waals surface area contributed by atoms with Gasteiger partial charge in [-0.05, 0) is 47.4 Å². The van der Waals surface area contributed by atoms with Crippen LogP contribution in [0, 0.1) is 11.7 Å². The molecule has 2 aromatic rings. The number of hydrogen-bond acceptors (Lipinski definition) is 3. The second kappa shape index (κ2) is 16.9. The van der Waals surface area contributed by atoms with E-state index in [-0.39, 0.29) is 48.7 Å². The van der Waals surface area contributed by atoms with E-state index >= 15 is 0 Å². The molecule has 48 heavy (non-hydrogen) atoms. The van der Waals surface area contributed by atoms with Gasteiger partial charge in [-0.2, -0.15) is 30.7 Å². The average molecular weight is 692 g/mol. The molecule has 0 aliphatic carbocycles. The zero-order valence-electron chi connectivity index (χ0n) is 25.6. The molecule has 2 aromatic carbocycles. The summed E-state index contributed by atoms with van der Waals surface area (Å²) in [6.07, 6.45) is -10.8. The number of allylic oxidation sites excluding steroid dienone is 5. The molecule has 1 atom stereocenters. The summed E-state index contributed by atoms with van der Waals surface area (Å²) in [7, 11) is 0. The van der Waals surface area contributed by atoms with E-state index in [2.05, 4.69) is 23.2 Å². The second-order valence-corrected chi connectivity index (χ2v) is 10.6. The van der Waals surface area contributed by atoms with Gasteiger partial charge in [0.15, 0.2) is 5.83 Å². The van der Waals surface area contributed by atoms with Gasteiger partial charge in [0.25, 0.3) is 5.91 Å². The predicted octanol–water partition coefficient (Wildman–Crippen LogP) is 9.95. The van der Waals surface area contributed by atoms with Crippen LogP contribution in [0.15, 0.2) is 121 Å². The number of amides is 1. The van der Waals surface area contributed by atoms with Crippen LogP contribution in [0.1, 0.15) is 35.3 Å². The van der Waals surface area contributed by atoms with Gasteiger partial charge in [-0.15, -0.1) is 0 Å². The minimum atomic E-state index is -5.17. The first-order valence-corrected chi connectivity index (χ1v) is 13.9. The molecule has 0 aliphatic rings. The number of rotatable bonds is 16. The number of hydrogen-bond donors (Lipinski definition) is 1. The number of alkyl halides is 7. The fourth-order valence-electron chi connectivity index (χ4n) is 3.83. The summed E-state index contributed by atoms with van der Waals surface area (Å²) in [6.45, 7) is 10.9. The Bertz CT molecular complexity index is 1560. The van der Waals surface area contributed by atoms with Gasteiger partial charge < -0.3 is 14.8 Å². The maximum absolute atomic E-state index is 14.9. The first-order valence-electron chi connectivity index (χ1n) is 13.9. The summed E-state index contributed by atoms with van der Waals surface area (Å²) in [5.74, 6) is -5.59. The van der Waals surface area contributed by atoms with Crippen molar-refractivity contribution in [3.05, 3.63) is 144 Å². The second-order valence-electron chi connectivity index (χ2n) is 10.6. The molecule has 0 radical (unpaired) electrons. The zero-order valence-corrected chi connectivity index (χ0v) is 25.6. The number of ether oxygens (including phenoxy) is 2. The van der Waals surface area contributed by atoms with Crippen LogP contribution >= 0.6 is 0 Å². The Morgan fingerprint density at radius 2 is 1.65 bits per heavy atom. The van der Waals surface area contributed by atoms with Crippen molar-refractivity contribution in [1.29, 1.82) is 0 Å². The summed E-state index contributed by atoms with van der Waals surface area (Å²) in [5.41, 5.74) is -4.40. The Morgan fingerprint density at radius 3 is 2.23 bits per heavy atom. The topological polar surface area (TPSA) is 47.6 Å². The Balaban J connectivity index is 2.68. The van der Waals surface area contributed by atoms with Crippen LogP contribution in [-0.4, -0.2) is 30.6 Å². The first kappa shape index (κ1) is 39.4. The monoisotopic (exact) mass is 691 g/mol. The highest BCUT2D eigenvalue weighted by Crippen LogP contribution is 2.33. The molecule has 0 aromatic heterocycles. The summed E-state index contributed by atoms with van der Waals surface area (Å²) in [6, 6.07) is 9.33. The molecule has 1 N–H and O–H groups in total. The van der Waals surface area contributed by atoms with Gasteiger partial charge in [-0.3, -0.25) is 4.79 Å². The van der Waals surface area contributed by atoms with E-state index in [0.29, 0.717) is 17.7 Å². The summed E-state index contributed by atoms with van der Waals surface area (Å²) < 4.78 is 144. The van der Waals surface area contributed by atoms with Crippen LogP contribution in [0.2, 0.25) is 0 Å². The third-order valence-electron chi connectivity index (χ3n) is 6.27. The third-order valence-corrected chi connectivity index (χ3v) is 6.27. The Kier molecular flexibility index (Phi) is 13.9. The molecule has 0 saturated heterocycles. The van der Waals surface area contributed by atoms with Gasteiger partial charge in [0.05, 0.1) is 24.0 Å². The SMILES string of the molecule is C=C(OCC(C)C)C(F)=CC=C[C@@](Cc1ccccc1)(NC(=O)c1ccc(F)c(C(F)(F)F)c1)C(=C)C=C(F)C=COC(F)(F)C(F)F. The van der Waals surface area contributed by atoms with Crippen molar-refractivity contribution < 1.29 is 58.2 Å². The van der Waals surface area contributed by atoms with Gasteiger partial charge in [-0.25, -0.2) is 13.2 Å². The van der Waals surface area contributed by atoms with Crippen molar-refractivity contribution in [3.8, 4) is 0 Å². The Morgan fingerprint density at radius 1 is 1.00 bits per heavy atom. The van der Waals surface area contributed by atoms with E-state index < -0.39 is 58.8 Å². The molecule has 0 spiro atoms.